The van der Waals surface area contributed by atoms with Crippen LogP contribution in [0.3, 0.4) is 0 Å². The summed E-state index contributed by atoms with van der Waals surface area (Å²) in [6.45, 7) is -0.0198. The molecule has 0 aliphatic carbocycles. The number of rotatable bonds is 2. The molecule has 1 heterocycles. The highest BCUT2D eigenvalue weighted by atomic mass is 16.7. The van der Waals surface area contributed by atoms with Crippen molar-refractivity contribution in [1.29, 1.82) is 0 Å². The number of fused-ring (bicyclic) bond motifs is 1. The Morgan fingerprint density at radius 2 is 2.20 bits per heavy atom. The summed E-state index contributed by atoms with van der Waals surface area (Å²) in [6, 6.07) is 5.18. The van der Waals surface area contributed by atoms with E-state index in [1.54, 1.807) is 25.3 Å². The van der Waals surface area contributed by atoms with Crippen molar-refractivity contribution in [2.24, 2.45) is 0 Å². The van der Waals surface area contributed by atoms with Crippen LogP contribution in [0.15, 0.2) is 18.2 Å². The van der Waals surface area contributed by atoms with Crippen LogP contribution in [0, 0.1) is 0 Å². The summed E-state index contributed by atoms with van der Waals surface area (Å²) in [5.41, 5.74) is 0.592. The van der Waals surface area contributed by atoms with Crippen LogP contribution in [-0.4, -0.2) is 26.7 Å². The maximum Gasteiger partial charge on any atom is 0.288 e. The van der Waals surface area contributed by atoms with Gasteiger partial charge in [0.1, 0.15) is 17.2 Å². The zero-order valence-electron chi connectivity index (χ0n) is 8.52. The van der Waals surface area contributed by atoms with Crippen molar-refractivity contribution < 1.29 is 19.1 Å². The number of nitrogens with zero attached hydrogens (tertiary/aromatic N) is 1. The standard InChI is InChI=1S/C10H11NO4/c1-13-7-3-4-8-9(5-7)15-6-10(12)11(8)14-2/h3-5H,6H2,1-2H3. The van der Waals surface area contributed by atoms with Crippen LogP contribution < -0.4 is 14.5 Å². The lowest BCUT2D eigenvalue weighted by atomic mass is 10.2. The summed E-state index contributed by atoms with van der Waals surface area (Å²) in [6.07, 6.45) is 0. The maximum absolute atomic E-state index is 11.4. The largest absolute Gasteiger partial charge is 0.497 e. The number of hydrogen-bond acceptors (Lipinski definition) is 4. The molecule has 1 aliphatic rings. The Morgan fingerprint density at radius 1 is 1.40 bits per heavy atom. The Bertz CT molecular complexity index is 391. The van der Waals surface area contributed by atoms with Crippen LogP contribution in [0.25, 0.3) is 0 Å². The third-order valence-corrected chi connectivity index (χ3v) is 2.15. The molecule has 1 aliphatic heterocycles. The molecule has 1 aromatic rings. The third kappa shape index (κ3) is 1.61. The summed E-state index contributed by atoms with van der Waals surface area (Å²) >= 11 is 0. The van der Waals surface area contributed by atoms with Gasteiger partial charge in [-0.2, -0.15) is 5.06 Å². The van der Waals surface area contributed by atoms with Gasteiger partial charge in [0.15, 0.2) is 6.61 Å². The molecule has 5 heteroatoms. The quantitative estimate of drug-likeness (QED) is 0.728. The predicted octanol–water partition coefficient (Wildman–Crippen LogP) is 0.982. The first-order chi connectivity index (χ1) is 7.26. The summed E-state index contributed by atoms with van der Waals surface area (Å²) in [7, 11) is 3.01. The van der Waals surface area contributed by atoms with Gasteiger partial charge in [0.25, 0.3) is 5.91 Å². The maximum atomic E-state index is 11.4. The SMILES string of the molecule is COc1ccc2c(c1)OCC(=O)N2OC. The average Bonchev–Trinajstić information content (AvgIpc) is 2.28. The number of anilines is 1. The fourth-order valence-electron chi connectivity index (χ4n) is 1.44. The minimum atomic E-state index is -0.227. The number of hydroxylamine groups is 1. The van der Waals surface area contributed by atoms with Crippen LogP contribution in [0.5, 0.6) is 11.5 Å². The summed E-state index contributed by atoms with van der Waals surface area (Å²) in [4.78, 5) is 16.4. The lowest BCUT2D eigenvalue weighted by molar-refractivity contribution is -0.128. The average molecular weight is 209 g/mol. The molecule has 0 spiro atoms. The third-order valence-electron chi connectivity index (χ3n) is 2.15. The van der Waals surface area contributed by atoms with Crippen molar-refractivity contribution in [3.8, 4) is 11.5 Å². The first-order valence-electron chi connectivity index (χ1n) is 4.44. The molecule has 0 radical (unpaired) electrons. The van der Waals surface area contributed by atoms with Crippen molar-refractivity contribution in [2.45, 2.75) is 0 Å². The summed E-state index contributed by atoms with van der Waals surface area (Å²) in [5.74, 6) is 1.03. The van der Waals surface area contributed by atoms with Crippen molar-refractivity contribution >= 4 is 11.6 Å². The molecule has 2 rings (SSSR count). The Kier molecular flexibility index (Phi) is 2.47. The van der Waals surface area contributed by atoms with E-state index in [0.717, 1.165) is 0 Å². The smallest absolute Gasteiger partial charge is 0.288 e. The van der Waals surface area contributed by atoms with E-state index in [2.05, 4.69) is 0 Å². The minimum absolute atomic E-state index is 0.0198. The number of benzene rings is 1. The van der Waals surface area contributed by atoms with Crippen LogP contribution in [0.2, 0.25) is 0 Å². The number of ether oxygens (including phenoxy) is 2. The first kappa shape index (κ1) is 9.79. The normalized spacial score (nSPS) is 14.5. The van der Waals surface area contributed by atoms with E-state index in [4.69, 9.17) is 14.3 Å². The van der Waals surface area contributed by atoms with Gasteiger partial charge in [-0.15, -0.1) is 0 Å². The second kappa shape index (κ2) is 3.78. The van der Waals surface area contributed by atoms with Gasteiger partial charge in [0.2, 0.25) is 0 Å². The van der Waals surface area contributed by atoms with E-state index in [0.29, 0.717) is 17.2 Å². The zero-order chi connectivity index (χ0) is 10.8. The molecular formula is C10H11NO4. The topological polar surface area (TPSA) is 48.0 Å². The molecule has 1 aromatic carbocycles. The molecular weight excluding hydrogens is 198 g/mol. The fraction of sp³-hybridized carbons (Fsp3) is 0.300. The van der Waals surface area contributed by atoms with E-state index < -0.39 is 0 Å². The van der Waals surface area contributed by atoms with Crippen LogP contribution >= 0.6 is 0 Å². The van der Waals surface area contributed by atoms with Crippen molar-refractivity contribution in [1.82, 2.24) is 0 Å². The van der Waals surface area contributed by atoms with Gasteiger partial charge < -0.3 is 9.47 Å². The van der Waals surface area contributed by atoms with Crippen LogP contribution in [-0.2, 0) is 9.63 Å². The molecule has 0 saturated carbocycles. The predicted molar refractivity (Wildman–Crippen MR) is 53.0 cm³/mol. The van der Waals surface area contributed by atoms with Crippen LogP contribution in [0.1, 0.15) is 0 Å². The van der Waals surface area contributed by atoms with Gasteiger partial charge in [0, 0.05) is 6.07 Å². The minimum Gasteiger partial charge on any atom is -0.497 e. The van der Waals surface area contributed by atoms with Gasteiger partial charge in [-0.1, -0.05) is 0 Å². The van der Waals surface area contributed by atoms with Crippen LogP contribution in [0.4, 0.5) is 5.69 Å². The van der Waals surface area contributed by atoms with Gasteiger partial charge in [-0.05, 0) is 12.1 Å². The number of carbonyl (C=O) groups is 1. The highest BCUT2D eigenvalue weighted by Crippen LogP contribution is 2.34. The molecule has 15 heavy (non-hydrogen) atoms. The Balaban J connectivity index is 2.42. The van der Waals surface area contributed by atoms with E-state index in [1.807, 2.05) is 0 Å². The molecule has 0 aromatic heterocycles. The van der Waals surface area contributed by atoms with Crippen molar-refractivity contribution in [3.63, 3.8) is 0 Å². The van der Waals surface area contributed by atoms with Gasteiger partial charge in [-0.3, -0.25) is 9.63 Å². The molecule has 0 N–H and O–H groups in total. The van der Waals surface area contributed by atoms with Gasteiger partial charge in [0.05, 0.1) is 14.2 Å². The monoisotopic (exact) mass is 209 g/mol. The molecule has 1 amide bonds. The van der Waals surface area contributed by atoms with E-state index in [-0.39, 0.29) is 12.5 Å². The number of methoxy groups -OCH3 is 1. The molecule has 80 valence electrons. The molecule has 0 fully saturated rings. The molecule has 0 unspecified atom stereocenters. The van der Waals surface area contributed by atoms with E-state index in [9.17, 15) is 4.79 Å². The summed E-state index contributed by atoms with van der Waals surface area (Å²) in [5, 5.41) is 1.21. The zero-order valence-corrected chi connectivity index (χ0v) is 8.52. The number of amides is 1. The first-order valence-corrected chi connectivity index (χ1v) is 4.44. The summed E-state index contributed by atoms with van der Waals surface area (Å²) < 4.78 is 10.3. The van der Waals surface area contributed by atoms with Gasteiger partial charge in [-0.25, -0.2) is 0 Å². The van der Waals surface area contributed by atoms with Crippen molar-refractivity contribution in [2.75, 3.05) is 25.9 Å². The lowest BCUT2D eigenvalue weighted by Gasteiger charge is -2.26. The Hall–Kier alpha value is -1.75. The lowest BCUT2D eigenvalue weighted by Crippen LogP contribution is -2.37. The second-order valence-corrected chi connectivity index (χ2v) is 2.99. The van der Waals surface area contributed by atoms with Gasteiger partial charge >= 0.3 is 0 Å². The Labute approximate surface area is 87.1 Å². The van der Waals surface area contributed by atoms with Crippen molar-refractivity contribution in [3.05, 3.63) is 18.2 Å². The number of carbonyl (C=O) groups excluding carboxylic acids is 1. The second-order valence-electron chi connectivity index (χ2n) is 2.99. The molecule has 5 nitrogen and oxygen atoms in total. The molecule has 0 atom stereocenters. The van der Waals surface area contributed by atoms with E-state index in [1.165, 1.54) is 12.2 Å². The molecule has 0 bridgehead atoms. The fourth-order valence-corrected chi connectivity index (χ4v) is 1.44. The van der Waals surface area contributed by atoms with E-state index >= 15 is 0 Å². The number of hydrogen-bond donors (Lipinski definition) is 0. The highest BCUT2D eigenvalue weighted by Gasteiger charge is 2.25. The Morgan fingerprint density at radius 3 is 2.87 bits per heavy atom. The molecule has 0 saturated heterocycles. The highest BCUT2D eigenvalue weighted by molar-refractivity contribution is 5.96.